The average molecular weight is 276 g/mol. The first-order chi connectivity index (χ1) is 10.3. The number of benzene rings is 2. The zero-order valence-electron chi connectivity index (χ0n) is 11.4. The van der Waals surface area contributed by atoms with Gasteiger partial charge in [0.25, 0.3) is 0 Å². The summed E-state index contributed by atoms with van der Waals surface area (Å²) in [6, 6.07) is 17.0. The van der Waals surface area contributed by atoms with Crippen molar-refractivity contribution in [3.63, 3.8) is 0 Å². The van der Waals surface area contributed by atoms with Crippen LogP contribution in [0.3, 0.4) is 0 Å². The van der Waals surface area contributed by atoms with Gasteiger partial charge >= 0.3 is 5.56 Å². The molecular formula is C17H12N2O2. The van der Waals surface area contributed by atoms with Gasteiger partial charge in [-0.15, -0.1) is 0 Å². The van der Waals surface area contributed by atoms with Gasteiger partial charge in [0.05, 0.1) is 5.69 Å². The molecule has 0 radical (unpaired) electrons. The topological polar surface area (TPSA) is 48.0 Å². The summed E-state index contributed by atoms with van der Waals surface area (Å²) < 4.78 is 7.28. The fourth-order valence-corrected chi connectivity index (χ4v) is 2.63. The number of hydrogen-bond acceptors (Lipinski definition) is 3. The summed E-state index contributed by atoms with van der Waals surface area (Å²) in [5.74, 6) is 0.644. The van der Waals surface area contributed by atoms with E-state index in [1.165, 1.54) is 0 Å². The van der Waals surface area contributed by atoms with Crippen LogP contribution in [0, 0.1) is 6.92 Å². The van der Waals surface area contributed by atoms with Crippen molar-refractivity contribution >= 4 is 22.1 Å². The molecule has 0 saturated heterocycles. The normalized spacial score (nSPS) is 11.3. The van der Waals surface area contributed by atoms with Crippen LogP contribution in [0.15, 0.2) is 63.8 Å². The van der Waals surface area contributed by atoms with E-state index in [0.717, 1.165) is 11.1 Å². The molecule has 0 unspecified atom stereocenters. The van der Waals surface area contributed by atoms with Crippen molar-refractivity contribution < 1.29 is 4.42 Å². The van der Waals surface area contributed by atoms with E-state index < -0.39 is 0 Å². The molecule has 2 aromatic heterocycles. The van der Waals surface area contributed by atoms with Crippen molar-refractivity contribution in [2.75, 3.05) is 0 Å². The molecule has 0 amide bonds. The number of nitrogens with zero attached hydrogens (tertiary/aromatic N) is 2. The molecule has 2 aromatic carbocycles. The molecule has 0 atom stereocenters. The Balaban J connectivity index is 2.16. The Bertz CT molecular complexity index is 1010. The van der Waals surface area contributed by atoms with E-state index in [2.05, 4.69) is 4.98 Å². The lowest BCUT2D eigenvalue weighted by Gasteiger charge is -2.08. The van der Waals surface area contributed by atoms with E-state index in [0.29, 0.717) is 22.5 Å². The fraction of sp³-hybridized carbons (Fsp3) is 0.0588. The van der Waals surface area contributed by atoms with Crippen LogP contribution in [0.25, 0.3) is 27.8 Å². The van der Waals surface area contributed by atoms with Crippen LogP contribution >= 0.6 is 0 Å². The minimum Gasteiger partial charge on any atom is -0.448 e. The Kier molecular flexibility index (Phi) is 2.44. The van der Waals surface area contributed by atoms with Crippen LogP contribution < -0.4 is 5.56 Å². The van der Waals surface area contributed by atoms with Gasteiger partial charge in [-0.25, -0.2) is 4.98 Å². The second-order valence-corrected chi connectivity index (χ2v) is 4.91. The molecule has 0 spiro atoms. The molecule has 21 heavy (non-hydrogen) atoms. The summed E-state index contributed by atoms with van der Waals surface area (Å²) in [6.07, 6.45) is 0. The Morgan fingerprint density at radius 3 is 2.52 bits per heavy atom. The van der Waals surface area contributed by atoms with Gasteiger partial charge in [-0.05, 0) is 31.2 Å². The number of hydrogen-bond donors (Lipinski definition) is 0. The zero-order chi connectivity index (χ0) is 14.4. The van der Waals surface area contributed by atoms with Crippen molar-refractivity contribution in [2.24, 2.45) is 0 Å². The average Bonchev–Trinajstić information content (AvgIpc) is 2.88. The van der Waals surface area contributed by atoms with Gasteiger partial charge in [-0.1, -0.05) is 30.3 Å². The minimum absolute atomic E-state index is 0.181. The van der Waals surface area contributed by atoms with E-state index in [1.54, 1.807) is 4.57 Å². The summed E-state index contributed by atoms with van der Waals surface area (Å²) in [5.41, 5.74) is 2.21. The van der Waals surface area contributed by atoms with Crippen LogP contribution in [-0.2, 0) is 0 Å². The summed E-state index contributed by atoms with van der Waals surface area (Å²) in [7, 11) is 0. The van der Waals surface area contributed by atoms with Crippen molar-refractivity contribution in [1.82, 2.24) is 9.55 Å². The monoisotopic (exact) mass is 276 g/mol. The van der Waals surface area contributed by atoms with E-state index in [9.17, 15) is 4.79 Å². The summed E-state index contributed by atoms with van der Waals surface area (Å²) in [6.45, 7) is 1.83. The van der Waals surface area contributed by atoms with Crippen molar-refractivity contribution in [3.8, 4) is 5.69 Å². The zero-order valence-corrected chi connectivity index (χ0v) is 11.4. The third-order valence-corrected chi connectivity index (χ3v) is 3.58. The number of aromatic nitrogens is 2. The van der Waals surface area contributed by atoms with Gasteiger partial charge in [0, 0.05) is 5.39 Å². The lowest BCUT2D eigenvalue weighted by molar-refractivity contribution is 0.655. The number of aryl methyl sites for hydroxylation is 1. The highest BCUT2D eigenvalue weighted by Crippen LogP contribution is 2.25. The molecule has 4 nitrogen and oxygen atoms in total. The first-order valence-corrected chi connectivity index (χ1v) is 6.72. The van der Waals surface area contributed by atoms with Gasteiger partial charge in [0.2, 0.25) is 5.58 Å². The van der Waals surface area contributed by atoms with Crippen molar-refractivity contribution in [2.45, 2.75) is 6.92 Å². The maximum absolute atomic E-state index is 12.7. The third-order valence-electron chi connectivity index (χ3n) is 3.58. The highest BCUT2D eigenvalue weighted by molar-refractivity contribution is 6.01. The molecule has 0 bridgehead atoms. The first kappa shape index (κ1) is 11.9. The fourth-order valence-electron chi connectivity index (χ4n) is 2.63. The van der Waals surface area contributed by atoms with Crippen LogP contribution in [0.4, 0.5) is 0 Å². The van der Waals surface area contributed by atoms with Gasteiger partial charge < -0.3 is 4.42 Å². The van der Waals surface area contributed by atoms with Gasteiger partial charge in [-0.2, -0.15) is 0 Å². The summed E-state index contributed by atoms with van der Waals surface area (Å²) in [4.78, 5) is 17.3. The standard InChI is InChI=1S/C17H12N2O2/c1-11-18-15-13-9-5-6-10-14(13)21-16(15)17(20)19(11)12-7-3-2-4-8-12/h2-10H,1H3. The molecule has 0 saturated carbocycles. The van der Waals surface area contributed by atoms with Crippen molar-refractivity contribution in [1.29, 1.82) is 0 Å². The molecule has 0 aliphatic heterocycles. The second kappa shape index (κ2) is 4.31. The number of fused-ring (bicyclic) bond motifs is 3. The minimum atomic E-state index is -0.181. The highest BCUT2D eigenvalue weighted by Gasteiger charge is 2.16. The lowest BCUT2D eigenvalue weighted by atomic mass is 10.2. The molecule has 4 rings (SSSR count). The largest absolute Gasteiger partial charge is 0.448 e. The SMILES string of the molecule is Cc1nc2c(oc3ccccc32)c(=O)n1-c1ccccc1. The number of rotatable bonds is 1. The van der Waals surface area contributed by atoms with Crippen LogP contribution in [0.2, 0.25) is 0 Å². The first-order valence-electron chi connectivity index (χ1n) is 6.72. The smallest absolute Gasteiger partial charge is 0.301 e. The van der Waals surface area contributed by atoms with Gasteiger partial charge in [-0.3, -0.25) is 9.36 Å². The van der Waals surface area contributed by atoms with E-state index in [-0.39, 0.29) is 5.56 Å². The van der Waals surface area contributed by atoms with Crippen LogP contribution in [-0.4, -0.2) is 9.55 Å². The molecule has 2 heterocycles. The Hall–Kier alpha value is -2.88. The third kappa shape index (κ3) is 1.69. The Morgan fingerprint density at radius 1 is 1.00 bits per heavy atom. The predicted molar refractivity (Wildman–Crippen MR) is 81.8 cm³/mol. The molecule has 4 aromatic rings. The molecule has 0 aliphatic rings. The second-order valence-electron chi connectivity index (χ2n) is 4.91. The van der Waals surface area contributed by atoms with Crippen LogP contribution in [0.5, 0.6) is 0 Å². The maximum atomic E-state index is 12.7. The number of para-hydroxylation sites is 2. The molecule has 0 N–H and O–H groups in total. The quantitative estimate of drug-likeness (QED) is 0.535. The Labute approximate surface area is 120 Å². The summed E-state index contributed by atoms with van der Waals surface area (Å²) in [5, 5.41) is 0.868. The Morgan fingerprint density at radius 2 is 1.71 bits per heavy atom. The maximum Gasteiger partial charge on any atom is 0.301 e. The molecule has 0 aliphatic carbocycles. The van der Waals surface area contributed by atoms with Gasteiger partial charge in [0.15, 0.2) is 0 Å². The summed E-state index contributed by atoms with van der Waals surface area (Å²) >= 11 is 0. The van der Waals surface area contributed by atoms with E-state index in [1.807, 2.05) is 61.5 Å². The highest BCUT2D eigenvalue weighted by atomic mass is 16.3. The van der Waals surface area contributed by atoms with E-state index in [4.69, 9.17) is 4.42 Å². The number of furan rings is 1. The van der Waals surface area contributed by atoms with Crippen molar-refractivity contribution in [3.05, 3.63) is 70.8 Å². The predicted octanol–water partition coefficient (Wildman–Crippen LogP) is 3.44. The van der Waals surface area contributed by atoms with E-state index >= 15 is 0 Å². The molecule has 0 fully saturated rings. The molecule has 102 valence electrons. The molecular weight excluding hydrogens is 264 g/mol. The lowest BCUT2D eigenvalue weighted by Crippen LogP contribution is -2.21. The van der Waals surface area contributed by atoms with Gasteiger partial charge in [0.1, 0.15) is 16.9 Å². The van der Waals surface area contributed by atoms with Crippen LogP contribution in [0.1, 0.15) is 5.82 Å². The molecule has 4 heteroatoms.